The summed E-state index contributed by atoms with van der Waals surface area (Å²) in [4.78, 5) is 0. The minimum atomic E-state index is -2.68. The van der Waals surface area contributed by atoms with Crippen LogP contribution in [0.3, 0.4) is 0 Å². The first kappa shape index (κ1) is 12.3. The first-order chi connectivity index (χ1) is 6.49. The van der Waals surface area contributed by atoms with Gasteiger partial charge in [-0.2, -0.15) is 0 Å². The Morgan fingerprint density at radius 1 is 1.14 bits per heavy atom. The molecule has 0 N–H and O–H groups in total. The molecule has 5 heteroatoms. The van der Waals surface area contributed by atoms with E-state index in [0.717, 1.165) is 0 Å². The van der Waals surface area contributed by atoms with E-state index in [0.29, 0.717) is 11.6 Å². The molecule has 1 rings (SSSR count). The first-order valence-electron chi connectivity index (χ1n) is 4.25. The third-order valence-electron chi connectivity index (χ3n) is 1.84. The van der Waals surface area contributed by atoms with Gasteiger partial charge in [-0.05, 0) is 18.0 Å². The third-order valence-corrected chi connectivity index (χ3v) is 4.40. The van der Waals surface area contributed by atoms with E-state index in [1.165, 1.54) is 0 Å². The fraction of sp³-hybridized carbons (Fsp3) is 0.333. The maximum Gasteiger partial charge on any atom is 0.341 e. The molecule has 1 aromatic carbocycles. The Morgan fingerprint density at radius 3 is 2.21 bits per heavy atom. The van der Waals surface area contributed by atoms with Crippen LogP contribution in [0.2, 0.25) is 6.04 Å². The fourth-order valence-electron chi connectivity index (χ4n) is 1.12. The second-order valence-corrected chi connectivity index (χ2v) is 12.3. The van der Waals surface area contributed by atoms with Crippen molar-refractivity contribution in [1.29, 1.82) is 0 Å². The summed E-state index contributed by atoms with van der Waals surface area (Å²) in [5.74, 6) is 0. The molecule has 0 aliphatic heterocycles. The van der Waals surface area contributed by atoms with Gasteiger partial charge < -0.3 is 0 Å². The zero-order valence-electron chi connectivity index (χ0n) is 7.39. The normalized spacial score (nSPS) is 14.0. The van der Waals surface area contributed by atoms with Crippen LogP contribution in [0, 0.1) is 0 Å². The summed E-state index contributed by atoms with van der Waals surface area (Å²) in [7, 11) is 0. The number of benzene rings is 1. The highest BCUT2D eigenvalue weighted by Crippen LogP contribution is 2.32. The Hall–Kier alpha value is 0.237. The molecule has 1 unspecified atom stereocenters. The highest BCUT2D eigenvalue weighted by atomic mass is 35.8. The largest absolute Gasteiger partial charge is 0.341 e. The van der Waals surface area contributed by atoms with Crippen LogP contribution in [0.25, 0.3) is 0 Å². The van der Waals surface area contributed by atoms with E-state index in [-0.39, 0.29) is 6.42 Å². The number of hydrogen-bond acceptors (Lipinski definition) is 0. The molecule has 0 radical (unpaired) electrons. The third kappa shape index (κ3) is 4.65. The molecule has 78 valence electrons. The summed E-state index contributed by atoms with van der Waals surface area (Å²) in [6.45, 7) is 0. The minimum absolute atomic E-state index is 0.284. The van der Waals surface area contributed by atoms with Crippen molar-refractivity contribution in [2.45, 2.75) is 18.6 Å². The quantitative estimate of drug-likeness (QED) is 0.548. The van der Waals surface area contributed by atoms with E-state index in [4.69, 9.17) is 33.2 Å². The molecule has 0 spiro atoms. The molecule has 0 fully saturated rings. The van der Waals surface area contributed by atoms with Gasteiger partial charge in [-0.1, -0.05) is 30.3 Å². The second-order valence-electron chi connectivity index (χ2n) is 3.03. The van der Waals surface area contributed by atoms with E-state index >= 15 is 0 Å². The van der Waals surface area contributed by atoms with Crippen LogP contribution >= 0.6 is 33.2 Å². The fourth-order valence-corrected chi connectivity index (χ4v) is 2.68. The van der Waals surface area contributed by atoms with E-state index in [9.17, 15) is 4.39 Å². The molecule has 0 aliphatic carbocycles. The summed E-state index contributed by atoms with van der Waals surface area (Å²) in [5.41, 5.74) is 0.649. The van der Waals surface area contributed by atoms with Gasteiger partial charge in [0.25, 0.3) is 0 Å². The monoisotopic (exact) mass is 270 g/mol. The smallest absolute Gasteiger partial charge is 0.242 e. The molecule has 0 aromatic heterocycles. The second kappa shape index (κ2) is 5.36. The maximum atomic E-state index is 13.5. The van der Waals surface area contributed by atoms with Gasteiger partial charge in [0, 0.05) is 0 Å². The molecule has 1 aromatic rings. The minimum Gasteiger partial charge on any atom is -0.242 e. The number of halogens is 4. The van der Waals surface area contributed by atoms with Gasteiger partial charge in [-0.15, -0.1) is 33.2 Å². The van der Waals surface area contributed by atoms with E-state index in [1.54, 1.807) is 24.3 Å². The molecule has 0 aliphatic rings. The average Bonchev–Trinajstić information content (AvgIpc) is 2.14. The maximum absolute atomic E-state index is 13.5. The summed E-state index contributed by atoms with van der Waals surface area (Å²) >= 11 is 17.0. The van der Waals surface area contributed by atoms with Crippen molar-refractivity contribution in [1.82, 2.24) is 0 Å². The highest BCUT2D eigenvalue weighted by molar-refractivity contribution is 7.64. The van der Waals surface area contributed by atoms with Gasteiger partial charge in [0.1, 0.15) is 6.17 Å². The predicted octanol–water partition coefficient (Wildman–Crippen LogP) is 4.74. The Kier molecular flexibility index (Phi) is 4.71. The Balaban J connectivity index is 2.48. The zero-order valence-corrected chi connectivity index (χ0v) is 10.7. The number of rotatable bonds is 4. The summed E-state index contributed by atoms with van der Waals surface area (Å²) < 4.78 is 13.5. The van der Waals surface area contributed by atoms with Crippen molar-refractivity contribution >= 4 is 39.2 Å². The molecule has 1 atom stereocenters. The van der Waals surface area contributed by atoms with Crippen LogP contribution in [-0.4, -0.2) is 6.00 Å². The van der Waals surface area contributed by atoms with Crippen LogP contribution in [0.5, 0.6) is 0 Å². The lowest BCUT2D eigenvalue weighted by Gasteiger charge is -2.11. The summed E-state index contributed by atoms with van der Waals surface area (Å²) in [5, 5.41) is 0. The Morgan fingerprint density at radius 2 is 1.71 bits per heavy atom. The van der Waals surface area contributed by atoms with Crippen molar-refractivity contribution in [3.8, 4) is 0 Å². The van der Waals surface area contributed by atoms with Crippen LogP contribution in [-0.2, 0) is 0 Å². The lowest BCUT2D eigenvalue weighted by atomic mass is 10.1. The number of alkyl halides is 1. The van der Waals surface area contributed by atoms with Crippen molar-refractivity contribution in [2.75, 3.05) is 0 Å². The first-order valence-corrected chi connectivity index (χ1v) is 9.49. The summed E-state index contributed by atoms with van der Waals surface area (Å²) in [6, 6.07) is 6.61. The topological polar surface area (TPSA) is 0 Å². The zero-order chi connectivity index (χ0) is 10.6. The van der Waals surface area contributed by atoms with Crippen LogP contribution in [0.15, 0.2) is 30.3 Å². The van der Waals surface area contributed by atoms with Crippen molar-refractivity contribution in [2.24, 2.45) is 0 Å². The van der Waals surface area contributed by atoms with Crippen LogP contribution < -0.4 is 0 Å². The van der Waals surface area contributed by atoms with Crippen LogP contribution in [0.4, 0.5) is 4.39 Å². The van der Waals surface area contributed by atoms with Gasteiger partial charge in [-0.3, -0.25) is 0 Å². The lowest BCUT2D eigenvalue weighted by Crippen LogP contribution is -2.09. The molecule has 0 amide bonds. The van der Waals surface area contributed by atoms with Crippen molar-refractivity contribution < 1.29 is 4.39 Å². The van der Waals surface area contributed by atoms with Gasteiger partial charge in [0.05, 0.1) is 0 Å². The Bertz CT molecular complexity index is 273. The van der Waals surface area contributed by atoms with Gasteiger partial charge in [0.15, 0.2) is 0 Å². The van der Waals surface area contributed by atoms with Crippen molar-refractivity contribution in [3.05, 3.63) is 35.9 Å². The summed E-state index contributed by atoms with van der Waals surface area (Å²) in [6.07, 6.45) is -0.744. The van der Waals surface area contributed by atoms with Crippen molar-refractivity contribution in [3.63, 3.8) is 0 Å². The van der Waals surface area contributed by atoms with Gasteiger partial charge in [-0.25, -0.2) is 4.39 Å². The molecular formula is C9H10Cl3FSi. The Labute approximate surface area is 98.1 Å². The molecule has 0 saturated carbocycles. The van der Waals surface area contributed by atoms with E-state index in [1.807, 2.05) is 6.07 Å². The molecular weight excluding hydrogens is 262 g/mol. The van der Waals surface area contributed by atoms with E-state index in [2.05, 4.69) is 0 Å². The van der Waals surface area contributed by atoms with Gasteiger partial charge in [0.2, 0.25) is 0 Å². The standard InChI is InChI=1S/C9H10Cl3FSi/c10-14(11,12)7-6-9(13)8-4-2-1-3-5-8/h1-5,9H,6-7H2. The van der Waals surface area contributed by atoms with Gasteiger partial charge >= 0.3 is 6.00 Å². The SMILES string of the molecule is FC(CC[Si](Cl)(Cl)Cl)c1ccccc1. The lowest BCUT2D eigenvalue weighted by molar-refractivity contribution is 0.334. The molecule has 0 bridgehead atoms. The van der Waals surface area contributed by atoms with E-state index < -0.39 is 12.2 Å². The molecule has 0 nitrogen and oxygen atoms in total. The predicted molar refractivity (Wildman–Crippen MR) is 63.0 cm³/mol. The highest BCUT2D eigenvalue weighted by Gasteiger charge is 2.26. The molecule has 0 saturated heterocycles. The molecule has 0 heterocycles. The molecule has 14 heavy (non-hydrogen) atoms. The number of hydrogen-bond donors (Lipinski definition) is 0. The average molecular weight is 272 g/mol. The van der Waals surface area contributed by atoms with Crippen LogP contribution in [0.1, 0.15) is 18.2 Å².